The Kier molecular flexibility index (Phi) is 6.40. The van der Waals surface area contributed by atoms with E-state index in [-0.39, 0.29) is 23.3 Å². The number of imidazole rings is 1. The Bertz CT molecular complexity index is 867. The van der Waals surface area contributed by atoms with Crippen molar-refractivity contribution in [1.29, 1.82) is 0 Å². The van der Waals surface area contributed by atoms with Crippen LogP contribution < -0.4 is 5.32 Å². The smallest absolute Gasteiger partial charge is 0.337 e. The number of methoxy groups -OCH3 is 1. The van der Waals surface area contributed by atoms with Crippen LogP contribution in [-0.2, 0) is 21.8 Å². The van der Waals surface area contributed by atoms with Crippen molar-refractivity contribution in [3.63, 3.8) is 0 Å². The molecule has 1 aliphatic rings. The predicted octanol–water partition coefficient (Wildman–Crippen LogP) is 0.964. The molecular weight excluding hydrogens is 380 g/mol. The van der Waals surface area contributed by atoms with E-state index < -0.39 is 16.0 Å². The van der Waals surface area contributed by atoms with Gasteiger partial charge in [0, 0.05) is 39.1 Å². The molecule has 1 saturated heterocycles. The second kappa shape index (κ2) is 8.17. The minimum Gasteiger partial charge on any atom is -0.465 e. The standard InChI is InChI=1S/C16H20N4O4S.ClH/c1-19-9-8-18-15(19)14-11-17-7-10-20(14)25(22,23)13-5-3-12(4-6-13)16(21)24-2;/h3-6,8-9,14,17H,7,10-11H2,1-2H3;1H. The first-order valence-electron chi connectivity index (χ1n) is 7.83. The average Bonchev–Trinajstić information content (AvgIpc) is 3.07. The van der Waals surface area contributed by atoms with Crippen LogP contribution in [0.1, 0.15) is 22.2 Å². The number of hydrogen-bond acceptors (Lipinski definition) is 6. The summed E-state index contributed by atoms with van der Waals surface area (Å²) in [5.74, 6) is 0.180. The predicted molar refractivity (Wildman–Crippen MR) is 97.7 cm³/mol. The molecule has 0 radical (unpaired) electrons. The summed E-state index contributed by atoms with van der Waals surface area (Å²) in [6.45, 7) is 1.41. The van der Waals surface area contributed by atoms with Crippen molar-refractivity contribution in [2.45, 2.75) is 10.9 Å². The zero-order valence-electron chi connectivity index (χ0n) is 14.5. The zero-order chi connectivity index (χ0) is 18.0. The Labute approximate surface area is 158 Å². The van der Waals surface area contributed by atoms with Gasteiger partial charge in [0.05, 0.1) is 23.6 Å². The molecule has 0 aliphatic carbocycles. The highest BCUT2D eigenvalue weighted by molar-refractivity contribution is 7.89. The summed E-state index contributed by atoms with van der Waals surface area (Å²) in [6, 6.07) is 5.38. The van der Waals surface area contributed by atoms with Gasteiger partial charge in [0.1, 0.15) is 5.82 Å². The summed E-state index contributed by atoms with van der Waals surface area (Å²) in [6.07, 6.45) is 3.44. The maximum absolute atomic E-state index is 13.1. The summed E-state index contributed by atoms with van der Waals surface area (Å²) in [5.41, 5.74) is 0.308. The molecule has 0 spiro atoms. The third-order valence-corrected chi connectivity index (χ3v) is 6.16. The third kappa shape index (κ3) is 3.75. The van der Waals surface area contributed by atoms with E-state index in [0.717, 1.165) is 0 Å². The Morgan fingerprint density at radius 2 is 2.00 bits per heavy atom. The first-order chi connectivity index (χ1) is 11.9. The van der Waals surface area contributed by atoms with Gasteiger partial charge in [0.2, 0.25) is 10.0 Å². The molecule has 0 amide bonds. The minimum absolute atomic E-state index is 0. The molecule has 26 heavy (non-hydrogen) atoms. The first-order valence-corrected chi connectivity index (χ1v) is 9.27. The van der Waals surface area contributed by atoms with Crippen LogP contribution >= 0.6 is 12.4 Å². The topological polar surface area (TPSA) is 93.5 Å². The lowest BCUT2D eigenvalue weighted by Gasteiger charge is -2.34. The monoisotopic (exact) mass is 400 g/mol. The van der Waals surface area contributed by atoms with E-state index in [1.165, 1.54) is 35.7 Å². The maximum Gasteiger partial charge on any atom is 0.337 e. The molecule has 0 bridgehead atoms. The van der Waals surface area contributed by atoms with Crippen LogP contribution in [0.5, 0.6) is 0 Å². The Balaban J connectivity index is 0.00000243. The normalized spacial score (nSPS) is 18.2. The van der Waals surface area contributed by atoms with Crippen molar-refractivity contribution in [2.75, 3.05) is 26.7 Å². The highest BCUT2D eigenvalue weighted by Crippen LogP contribution is 2.28. The maximum atomic E-state index is 13.1. The second-order valence-electron chi connectivity index (χ2n) is 5.75. The lowest BCUT2D eigenvalue weighted by atomic mass is 10.2. The van der Waals surface area contributed by atoms with E-state index >= 15 is 0 Å². The van der Waals surface area contributed by atoms with E-state index in [1.54, 1.807) is 12.4 Å². The fourth-order valence-electron chi connectivity index (χ4n) is 2.91. The highest BCUT2D eigenvalue weighted by atomic mass is 35.5. The second-order valence-corrected chi connectivity index (χ2v) is 7.64. The van der Waals surface area contributed by atoms with Crippen molar-refractivity contribution in [3.8, 4) is 0 Å². The molecule has 1 fully saturated rings. The highest BCUT2D eigenvalue weighted by Gasteiger charge is 2.36. The van der Waals surface area contributed by atoms with Gasteiger partial charge in [0.15, 0.2) is 0 Å². The van der Waals surface area contributed by atoms with Crippen LogP contribution in [0.25, 0.3) is 0 Å². The minimum atomic E-state index is -3.72. The number of piperazine rings is 1. The van der Waals surface area contributed by atoms with E-state index in [4.69, 9.17) is 0 Å². The van der Waals surface area contributed by atoms with Crippen LogP contribution in [0.3, 0.4) is 0 Å². The Morgan fingerprint density at radius 1 is 1.31 bits per heavy atom. The fraction of sp³-hybridized carbons (Fsp3) is 0.375. The van der Waals surface area contributed by atoms with Gasteiger partial charge in [-0.15, -0.1) is 12.4 Å². The van der Waals surface area contributed by atoms with Gasteiger partial charge in [0.25, 0.3) is 0 Å². The van der Waals surface area contributed by atoms with Crippen molar-refractivity contribution < 1.29 is 17.9 Å². The first kappa shape index (κ1) is 20.4. The average molecular weight is 401 g/mol. The Morgan fingerprint density at radius 3 is 2.58 bits per heavy atom. The molecular formula is C16H21ClN4O4S. The number of carbonyl (C=O) groups is 1. The molecule has 1 atom stereocenters. The quantitative estimate of drug-likeness (QED) is 0.768. The van der Waals surface area contributed by atoms with Gasteiger partial charge in [-0.3, -0.25) is 0 Å². The van der Waals surface area contributed by atoms with E-state index in [2.05, 4.69) is 15.0 Å². The Hall–Kier alpha value is -1.94. The van der Waals surface area contributed by atoms with Gasteiger partial charge in [-0.05, 0) is 24.3 Å². The third-order valence-electron chi connectivity index (χ3n) is 4.23. The van der Waals surface area contributed by atoms with Crippen LogP contribution in [0.15, 0.2) is 41.6 Å². The van der Waals surface area contributed by atoms with Crippen molar-refractivity contribution >= 4 is 28.4 Å². The number of aryl methyl sites for hydroxylation is 1. The number of nitrogens with zero attached hydrogens (tertiary/aromatic N) is 3. The number of esters is 1. The van der Waals surface area contributed by atoms with E-state index in [9.17, 15) is 13.2 Å². The largest absolute Gasteiger partial charge is 0.465 e. The summed E-state index contributed by atoms with van der Waals surface area (Å²) in [4.78, 5) is 16.0. The van der Waals surface area contributed by atoms with Crippen LogP contribution in [0, 0.1) is 0 Å². The molecule has 1 aromatic heterocycles. The van der Waals surface area contributed by atoms with Crippen LogP contribution in [0.2, 0.25) is 0 Å². The van der Waals surface area contributed by atoms with Crippen molar-refractivity contribution in [3.05, 3.63) is 48.0 Å². The number of ether oxygens (including phenoxy) is 1. The van der Waals surface area contributed by atoms with Crippen LogP contribution in [-0.4, -0.2) is 55.0 Å². The molecule has 1 unspecified atom stereocenters. The number of nitrogens with one attached hydrogen (secondary N) is 1. The van der Waals surface area contributed by atoms with Gasteiger partial charge in [-0.2, -0.15) is 4.31 Å². The lowest BCUT2D eigenvalue weighted by molar-refractivity contribution is 0.0600. The number of carbonyl (C=O) groups excluding carboxylic acids is 1. The van der Waals surface area contributed by atoms with Crippen molar-refractivity contribution in [1.82, 2.24) is 19.2 Å². The lowest BCUT2D eigenvalue weighted by Crippen LogP contribution is -2.49. The van der Waals surface area contributed by atoms with Gasteiger partial charge in [-0.25, -0.2) is 18.2 Å². The molecule has 8 nitrogen and oxygen atoms in total. The summed E-state index contributed by atoms with van der Waals surface area (Å²) < 4.78 is 34.1. The number of benzene rings is 1. The van der Waals surface area contributed by atoms with Crippen LogP contribution in [0.4, 0.5) is 0 Å². The number of sulfonamides is 1. The number of rotatable bonds is 4. The summed E-state index contributed by atoms with van der Waals surface area (Å²) >= 11 is 0. The molecule has 1 aliphatic heterocycles. The zero-order valence-corrected chi connectivity index (χ0v) is 16.1. The molecule has 142 valence electrons. The number of hydrogen-bond donors (Lipinski definition) is 1. The number of halogens is 1. The van der Waals surface area contributed by atoms with Gasteiger partial charge in [-0.1, -0.05) is 0 Å². The molecule has 0 saturated carbocycles. The molecule has 10 heteroatoms. The SMILES string of the molecule is COC(=O)c1ccc(S(=O)(=O)N2CCNCC2c2nccn2C)cc1.Cl. The molecule has 2 heterocycles. The molecule has 2 aromatic rings. The fourth-order valence-corrected chi connectivity index (χ4v) is 4.49. The molecule has 1 N–H and O–H groups in total. The molecule has 3 rings (SSSR count). The van der Waals surface area contributed by atoms with E-state index in [1.807, 2.05) is 11.6 Å². The summed E-state index contributed by atoms with van der Waals surface area (Å²) in [7, 11) is -0.592. The van der Waals surface area contributed by atoms with Gasteiger partial charge >= 0.3 is 5.97 Å². The number of aromatic nitrogens is 2. The van der Waals surface area contributed by atoms with E-state index in [0.29, 0.717) is 31.0 Å². The summed E-state index contributed by atoms with van der Waals surface area (Å²) in [5, 5.41) is 3.21. The van der Waals surface area contributed by atoms with Gasteiger partial charge < -0.3 is 14.6 Å². The molecule has 1 aromatic carbocycles. The van der Waals surface area contributed by atoms with Crippen molar-refractivity contribution in [2.24, 2.45) is 7.05 Å².